The number of carbonyl (C=O) groups excluding carboxylic acids is 1. The molecule has 2 aromatic heterocycles. The fourth-order valence-corrected chi connectivity index (χ4v) is 3.30. The number of carbonyl (C=O) groups is 2. The Hall–Kier alpha value is -2.20. The Morgan fingerprint density at radius 2 is 2.21 bits per heavy atom. The highest BCUT2D eigenvalue weighted by Gasteiger charge is 2.37. The molecule has 0 bridgehead atoms. The number of aliphatic carboxylic acids is 1. The van der Waals surface area contributed by atoms with Gasteiger partial charge in [-0.05, 0) is 22.9 Å². The van der Waals surface area contributed by atoms with E-state index in [1.165, 1.54) is 22.6 Å². The van der Waals surface area contributed by atoms with Crippen LogP contribution in [0.2, 0.25) is 0 Å². The minimum Gasteiger partial charge on any atom is -0.480 e. The van der Waals surface area contributed by atoms with Crippen LogP contribution in [0.3, 0.4) is 0 Å². The first-order valence-corrected chi connectivity index (χ1v) is 7.97. The molecule has 1 aliphatic rings. The van der Waals surface area contributed by atoms with Crippen molar-refractivity contribution in [2.24, 2.45) is 0 Å². The maximum atomic E-state index is 12.8. The zero-order chi connectivity index (χ0) is 17.6. The number of carboxylic acids is 1. The standard InChI is InChI=1S/C14H15BrN4O5/c1-7(6-24-2)17-4-8-12(14(17)23)18(5-11(20)21)10-3-9(15)16-19(10)13(8)22/h3,7H,4-6H2,1-2H3,(H,20,21). The molecule has 0 aliphatic carbocycles. The molecule has 0 aromatic carbocycles. The summed E-state index contributed by atoms with van der Waals surface area (Å²) in [5.41, 5.74) is 0.174. The third kappa shape index (κ3) is 2.51. The number of hydrogen-bond donors (Lipinski definition) is 1. The summed E-state index contributed by atoms with van der Waals surface area (Å²) in [6.45, 7) is 1.78. The van der Waals surface area contributed by atoms with Crippen molar-refractivity contribution < 1.29 is 19.4 Å². The highest BCUT2D eigenvalue weighted by Crippen LogP contribution is 2.25. The molecule has 0 radical (unpaired) electrons. The van der Waals surface area contributed by atoms with Crippen LogP contribution in [-0.2, 0) is 22.6 Å². The first kappa shape index (κ1) is 16.7. The number of methoxy groups -OCH3 is 1. The van der Waals surface area contributed by atoms with Gasteiger partial charge in [0.25, 0.3) is 11.5 Å². The van der Waals surface area contributed by atoms with Crippen LogP contribution in [-0.4, -0.2) is 55.8 Å². The van der Waals surface area contributed by atoms with E-state index in [-0.39, 0.29) is 35.4 Å². The van der Waals surface area contributed by atoms with Gasteiger partial charge < -0.3 is 19.3 Å². The van der Waals surface area contributed by atoms with Gasteiger partial charge in [-0.15, -0.1) is 0 Å². The Labute approximate surface area is 144 Å². The molecule has 1 unspecified atom stereocenters. The minimum atomic E-state index is -1.11. The van der Waals surface area contributed by atoms with Crippen molar-refractivity contribution in [2.75, 3.05) is 13.7 Å². The molecule has 2 aromatic rings. The zero-order valence-corrected chi connectivity index (χ0v) is 14.6. The molecule has 3 rings (SSSR count). The van der Waals surface area contributed by atoms with Crippen LogP contribution >= 0.6 is 15.9 Å². The normalized spacial score (nSPS) is 15.1. The summed E-state index contributed by atoms with van der Waals surface area (Å²) in [6.07, 6.45) is 0. The van der Waals surface area contributed by atoms with Crippen molar-refractivity contribution in [1.82, 2.24) is 19.1 Å². The second-order valence-corrected chi connectivity index (χ2v) is 6.40. The van der Waals surface area contributed by atoms with Gasteiger partial charge in [0, 0.05) is 13.2 Å². The first-order valence-electron chi connectivity index (χ1n) is 7.17. The molecule has 9 nitrogen and oxygen atoms in total. The highest BCUT2D eigenvalue weighted by atomic mass is 79.9. The smallest absolute Gasteiger partial charge is 0.323 e. The van der Waals surface area contributed by atoms with E-state index in [1.54, 1.807) is 6.92 Å². The van der Waals surface area contributed by atoms with Gasteiger partial charge in [-0.25, -0.2) is 0 Å². The van der Waals surface area contributed by atoms with Crippen molar-refractivity contribution in [3.8, 4) is 0 Å². The van der Waals surface area contributed by atoms with E-state index in [0.29, 0.717) is 11.2 Å². The quantitative estimate of drug-likeness (QED) is 0.777. The number of rotatable bonds is 5. The Morgan fingerprint density at radius 3 is 2.83 bits per heavy atom. The fraction of sp³-hybridized carbons (Fsp3) is 0.429. The average molecular weight is 399 g/mol. The van der Waals surface area contributed by atoms with E-state index < -0.39 is 18.1 Å². The number of amides is 1. The summed E-state index contributed by atoms with van der Waals surface area (Å²) >= 11 is 3.18. The molecule has 1 N–H and O–H groups in total. The number of fused-ring (bicyclic) bond motifs is 2. The van der Waals surface area contributed by atoms with Gasteiger partial charge in [0.05, 0.1) is 24.8 Å². The summed E-state index contributed by atoms with van der Waals surface area (Å²) < 4.78 is 7.89. The summed E-state index contributed by atoms with van der Waals surface area (Å²) in [5, 5.41) is 13.2. The molecule has 128 valence electrons. The van der Waals surface area contributed by atoms with Crippen molar-refractivity contribution in [1.29, 1.82) is 0 Å². The second-order valence-electron chi connectivity index (χ2n) is 5.59. The lowest BCUT2D eigenvalue weighted by molar-refractivity contribution is -0.137. The second kappa shape index (κ2) is 6.02. The van der Waals surface area contributed by atoms with Crippen LogP contribution in [0, 0.1) is 0 Å². The number of carboxylic acid groups (broad SMARTS) is 1. The molecule has 0 saturated carbocycles. The molecular formula is C14H15BrN4O5. The summed E-state index contributed by atoms with van der Waals surface area (Å²) in [5.74, 6) is -1.50. The largest absolute Gasteiger partial charge is 0.480 e. The highest BCUT2D eigenvalue weighted by molar-refractivity contribution is 9.10. The van der Waals surface area contributed by atoms with Crippen LogP contribution < -0.4 is 5.56 Å². The average Bonchev–Trinajstić information content (AvgIpc) is 3.05. The predicted octanol–water partition coefficient (Wildman–Crippen LogP) is 0.334. The van der Waals surface area contributed by atoms with Crippen LogP contribution in [0.25, 0.3) is 5.65 Å². The lowest BCUT2D eigenvalue weighted by Gasteiger charge is -2.23. The van der Waals surface area contributed by atoms with Crippen molar-refractivity contribution in [3.05, 3.63) is 32.3 Å². The zero-order valence-electron chi connectivity index (χ0n) is 13.0. The Balaban J connectivity index is 2.23. The third-order valence-electron chi connectivity index (χ3n) is 3.97. The van der Waals surface area contributed by atoms with Gasteiger partial charge in [-0.2, -0.15) is 9.61 Å². The maximum absolute atomic E-state index is 12.8. The molecule has 1 aliphatic heterocycles. The number of hydrogen-bond acceptors (Lipinski definition) is 5. The van der Waals surface area contributed by atoms with Gasteiger partial charge in [0.1, 0.15) is 22.5 Å². The van der Waals surface area contributed by atoms with Crippen molar-refractivity contribution in [3.63, 3.8) is 0 Å². The van der Waals surface area contributed by atoms with Crippen molar-refractivity contribution >= 4 is 33.5 Å². The van der Waals surface area contributed by atoms with E-state index in [2.05, 4.69) is 21.0 Å². The van der Waals surface area contributed by atoms with E-state index in [0.717, 1.165) is 4.52 Å². The summed E-state index contributed by atoms with van der Waals surface area (Å²) in [4.78, 5) is 38.2. The van der Waals surface area contributed by atoms with E-state index >= 15 is 0 Å². The number of halogens is 1. The molecule has 0 spiro atoms. The SMILES string of the molecule is COCC(C)N1Cc2c(n(CC(=O)O)c3cc(Br)nn3c2=O)C1=O. The van der Waals surface area contributed by atoms with Crippen LogP contribution in [0.1, 0.15) is 23.0 Å². The number of nitrogens with zero attached hydrogens (tertiary/aromatic N) is 4. The van der Waals surface area contributed by atoms with Crippen LogP contribution in [0.15, 0.2) is 15.5 Å². The lowest BCUT2D eigenvalue weighted by atomic mass is 10.2. The molecule has 0 fully saturated rings. The van der Waals surface area contributed by atoms with Gasteiger partial charge in [-0.3, -0.25) is 14.4 Å². The molecule has 1 atom stereocenters. The van der Waals surface area contributed by atoms with Crippen molar-refractivity contribution in [2.45, 2.75) is 26.1 Å². The molecular weight excluding hydrogens is 384 g/mol. The van der Waals surface area contributed by atoms with Gasteiger partial charge in [-0.1, -0.05) is 0 Å². The molecule has 0 saturated heterocycles. The molecule has 10 heteroatoms. The number of ether oxygens (including phenoxy) is 1. The molecule has 24 heavy (non-hydrogen) atoms. The van der Waals surface area contributed by atoms with E-state index in [4.69, 9.17) is 4.74 Å². The summed E-state index contributed by atoms with van der Waals surface area (Å²) in [6, 6.07) is 1.27. The monoisotopic (exact) mass is 398 g/mol. The topological polar surface area (TPSA) is 106 Å². The lowest BCUT2D eigenvalue weighted by Crippen LogP contribution is -2.37. The predicted molar refractivity (Wildman–Crippen MR) is 86.0 cm³/mol. The molecule has 3 heterocycles. The Kier molecular flexibility index (Phi) is 4.18. The van der Waals surface area contributed by atoms with E-state index in [9.17, 15) is 19.5 Å². The Bertz CT molecular complexity index is 903. The maximum Gasteiger partial charge on any atom is 0.323 e. The first-order chi connectivity index (χ1) is 11.3. The Morgan fingerprint density at radius 1 is 1.50 bits per heavy atom. The van der Waals surface area contributed by atoms with Crippen LogP contribution in [0.5, 0.6) is 0 Å². The molecule has 1 amide bonds. The fourth-order valence-electron chi connectivity index (χ4n) is 2.94. The van der Waals surface area contributed by atoms with Gasteiger partial charge in [0.2, 0.25) is 0 Å². The van der Waals surface area contributed by atoms with Crippen LogP contribution in [0.4, 0.5) is 0 Å². The minimum absolute atomic E-state index is 0.102. The van der Waals surface area contributed by atoms with Gasteiger partial charge in [0.15, 0.2) is 0 Å². The summed E-state index contributed by atoms with van der Waals surface area (Å²) in [7, 11) is 1.53. The third-order valence-corrected chi connectivity index (χ3v) is 4.36. The van der Waals surface area contributed by atoms with Gasteiger partial charge >= 0.3 is 5.97 Å². The number of aromatic nitrogens is 3. The van der Waals surface area contributed by atoms with E-state index in [1.807, 2.05) is 0 Å².